The number of benzene rings is 1. The Morgan fingerprint density at radius 2 is 2.05 bits per heavy atom. The predicted molar refractivity (Wildman–Crippen MR) is 78.6 cm³/mol. The van der Waals surface area contributed by atoms with Gasteiger partial charge in [-0.05, 0) is 26.1 Å². The monoisotopic (exact) mass is 278 g/mol. The number of rotatable bonds is 4. The fourth-order valence-electron chi connectivity index (χ4n) is 2.16. The van der Waals surface area contributed by atoms with Gasteiger partial charge in [-0.1, -0.05) is 6.07 Å². The Hall–Kier alpha value is -1.79. The molecule has 1 aromatic carbocycles. The third kappa shape index (κ3) is 3.40. The molecule has 0 atom stereocenters. The van der Waals surface area contributed by atoms with Crippen molar-refractivity contribution in [2.45, 2.75) is 6.92 Å². The van der Waals surface area contributed by atoms with Crippen LogP contribution >= 0.6 is 0 Å². The number of anilines is 1. The number of carbonyl (C=O) groups is 1. The van der Waals surface area contributed by atoms with Crippen molar-refractivity contribution < 1.29 is 9.53 Å². The number of nitrogens with two attached hydrogens (primary N) is 1. The lowest BCUT2D eigenvalue weighted by molar-refractivity contribution is 0.0659. The number of para-hydroxylation sites is 1. The smallest absolute Gasteiger partial charge is 0.269 e. The molecule has 2 rings (SSSR count). The van der Waals surface area contributed by atoms with Crippen molar-refractivity contribution in [3.8, 4) is 5.75 Å². The Labute approximate surface area is 119 Å². The second-order valence-electron chi connectivity index (χ2n) is 4.89. The fraction of sp³-hybridized carbons (Fsp3) is 0.500. The molecule has 0 aliphatic carbocycles. The number of carbonyl (C=O) groups excluding carboxylic acids is 1. The number of hydrogen-bond donors (Lipinski definition) is 2. The van der Waals surface area contributed by atoms with Crippen molar-refractivity contribution in [2.24, 2.45) is 0 Å². The number of ether oxygens (including phenoxy) is 1. The van der Waals surface area contributed by atoms with Gasteiger partial charge in [-0.15, -0.1) is 0 Å². The van der Waals surface area contributed by atoms with Crippen molar-refractivity contribution in [3.63, 3.8) is 0 Å². The summed E-state index contributed by atoms with van der Waals surface area (Å²) in [6.45, 7) is 5.85. The first-order chi connectivity index (χ1) is 9.61. The van der Waals surface area contributed by atoms with Crippen LogP contribution in [0.3, 0.4) is 0 Å². The lowest BCUT2D eigenvalue weighted by atomic mass is 10.1. The molecular formula is C14H22N4O2. The predicted octanol–water partition coefficient (Wildman–Crippen LogP) is 0.560. The maximum Gasteiger partial charge on any atom is 0.269 e. The summed E-state index contributed by atoms with van der Waals surface area (Å²) in [5, 5.41) is 1.93. The number of nitrogens with zero attached hydrogens (tertiary/aromatic N) is 2. The van der Waals surface area contributed by atoms with Crippen molar-refractivity contribution in [1.29, 1.82) is 0 Å². The molecule has 20 heavy (non-hydrogen) atoms. The maximum atomic E-state index is 12.3. The quantitative estimate of drug-likeness (QED) is 0.788. The van der Waals surface area contributed by atoms with E-state index in [9.17, 15) is 4.79 Å². The molecule has 0 radical (unpaired) electrons. The molecule has 1 saturated heterocycles. The summed E-state index contributed by atoms with van der Waals surface area (Å²) in [6, 6.07) is 5.22. The molecule has 0 spiro atoms. The van der Waals surface area contributed by atoms with E-state index in [2.05, 4.69) is 17.4 Å². The van der Waals surface area contributed by atoms with Crippen LogP contribution in [0.25, 0.3) is 0 Å². The Bertz CT molecular complexity index is 470. The molecule has 0 saturated carbocycles. The highest BCUT2D eigenvalue weighted by atomic mass is 16.5. The van der Waals surface area contributed by atoms with E-state index in [1.807, 2.05) is 11.9 Å². The van der Waals surface area contributed by atoms with Gasteiger partial charge in [0.1, 0.15) is 0 Å². The van der Waals surface area contributed by atoms with Crippen molar-refractivity contribution >= 4 is 11.6 Å². The highest BCUT2D eigenvalue weighted by Gasteiger charge is 2.19. The third-order valence-electron chi connectivity index (χ3n) is 3.34. The van der Waals surface area contributed by atoms with Gasteiger partial charge in [0.15, 0.2) is 5.75 Å². The average molecular weight is 278 g/mol. The minimum Gasteiger partial charge on any atom is -0.491 e. The van der Waals surface area contributed by atoms with Gasteiger partial charge < -0.3 is 15.4 Å². The molecule has 0 bridgehead atoms. The summed E-state index contributed by atoms with van der Waals surface area (Å²) in [5.41, 5.74) is 9.75. The zero-order valence-electron chi connectivity index (χ0n) is 12.1. The Kier molecular flexibility index (Phi) is 4.81. The lowest BCUT2D eigenvalue weighted by Gasteiger charge is -2.32. The van der Waals surface area contributed by atoms with E-state index in [0.717, 1.165) is 26.2 Å². The molecule has 0 unspecified atom stereocenters. The highest BCUT2D eigenvalue weighted by Crippen LogP contribution is 2.26. The Morgan fingerprint density at radius 3 is 2.70 bits per heavy atom. The number of hydrazine groups is 1. The number of amides is 1. The summed E-state index contributed by atoms with van der Waals surface area (Å²) in [7, 11) is 2.07. The van der Waals surface area contributed by atoms with E-state index < -0.39 is 0 Å². The van der Waals surface area contributed by atoms with Gasteiger partial charge in [-0.2, -0.15) is 0 Å². The molecule has 0 aromatic heterocycles. The SMILES string of the molecule is CCOc1c(N)cccc1C(=O)NN1CCN(C)CC1. The zero-order valence-corrected chi connectivity index (χ0v) is 12.1. The van der Waals surface area contributed by atoms with Gasteiger partial charge in [0.25, 0.3) is 5.91 Å². The van der Waals surface area contributed by atoms with Crippen molar-refractivity contribution in [2.75, 3.05) is 45.6 Å². The van der Waals surface area contributed by atoms with Gasteiger partial charge in [-0.25, -0.2) is 5.01 Å². The molecule has 1 aliphatic heterocycles. The lowest BCUT2D eigenvalue weighted by Crippen LogP contribution is -2.52. The Morgan fingerprint density at radius 1 is 1.35 bits per heavy atom. The maximum absolute atomic E-state index is 12.3. The molecule has 1 amide bonds. The van der Waals surface area contributed by atoms with E-state index in [4.69, 9.17) is 10.5 Å². The minimum atomic E-state index is -0.176. The number of nitrogen functional groups attached to an aromatic ring is 1. The average Bonchev–Trinajstić information content (AvgIpc) is 2.43. The fourth-order valence-corrected chi connectivity index (χ4v) is 2.16. The summed E-state index contributed by atoms with van der Waals surface area (Å²) in [6.07, 6.45) is 0. The second-order valence-corrected chi connectivity index (χ2v) is 4.89. The van der Waals surface area contributed by atoms with E-state index in [0.29, 0.717) is 23.6 Å². The second kappa shape index (κ2) is 6.58. The highest BCUT2D eigenvalue weighted by molar-refractivity contribution is 5.98. The molecule has 110 valence electrons. The van der Waals surface area contributed by atoms with Crippen LogP contribution in [0.4, 0.5) is 5.69 Å². The van der Waals surface area contributed by atoms with E-state index in [1.165, 1.54) is 0 Å². The van der Waals surface area contributed by atoms with Crippen LogP contribution in [-0.4, -0.2) is 55.6 Å². The van der Waals surface area contributed by atoms with Gasteiger partial charge >= 0.3 is 0 Å². The summed E-state index contributed by atoms with van der Waals surface area (Å²) < 4.78 is 5.48. The molecular weight excluding hydrogens is 256 g/mol. The summed E-state index contributed by atoms with van der Waals surface area (Å²) >= 11 is 0. The number of piperazine rings is 1. The standard InChI is InChI=1S/C14H22N4O2/c1-3-20-13-11(5-4-6-12(13)15)14(19)16-18-9-7-17(2)8-10-18/h4-6H,3,7-10,15H2,1-2H3,(H,16,19). The van der Waals surface area contributed by atoms with Crippen LogP contribution in [0.1, 0.15) is 17.3 Å². The van der Waals surface area contributed by atoms with Crippen LogP contribution in [0.15, 0.2) is 18.2 Å². The first kappa shape index (κ1) is 14.6. The molecule has 1 fully saturated rings. The summed E-state index contributed by atoms with van der Waals surface area (Å²) in [5.74, 6) is 0.284. The largest absolute Gasteiger partial charge is 0.491 e. The van der Waals surface area contributed by atoms with E-state index in [-0.39, 0.29) is 5.91 Å². The van der Waals surface area contributed by atoms with Crippen LogP contribution in [0.5, 0.6) is 5.75 Å². The van der Waals surface area contributed by atoms with Crippen LogP contribution < -0.4 is 15.9 Å². The molecule has 6 nitrogen and oxygen atoms in total. The van der Waals surface area contributed by atoms with E-state index >= 15 is 0 Å². The number of hydrogen-bond acceptors (Lipinski definition) is 5. The zero-order chi connectivity index (χ0) is 14.5. The Balaban J connectivity index is 2.07. The molecule has 1 heterocycles. The molecule has 1 aromatic rings. The first-order valence-corrected chi connectivity index (χ1v) is 6.87. The van der Waals surface area contributed by atoms with Gasteiger partial charge in [0.2, 0.25) is 0 Å². The number of likely N-dealkylation sites (N-methyl/N-ethyl adjacent to an activating group) is 1. The molecule has 1 aliphatic rings. The normalized spacial score (nSPS) is 16.9. The summed E-state index contributed by atoms with van der Waals surface area (Å²) in [4.78, 5) is 14.6. The van der Waals surface area contributed by atoms with Crippen molar-refractivity contribution in [1.82, 2.24) is 15.3 Å². The number of nitrogens with one attached hydrogen (secondary N) is 1. The van der Waals surface area contributed by atoms with Crippen molar-refractivity contribution in [3.05, 3.63) is 23.8 Å². The first-order valence-electron chi connectivity index (χ1n) is 6.87. The molecule has 6 heteroatoms. The van der Waals surface area contributed by atoms with Gasteiger partial charge in [0, 0.05) is 26.2 Å². The topological polar surface area (TPSA) is 70.8 Å². The van der Waals surface area contributed by atoms with E-state index in [1.54, 1.807) is 18.2 Å². The molecule has 3 N–H and O–H groups in total. The third-order valence-corrected chi connectivity index (χ3v) is 3.34. The van der Waals surface area contributed by atoms with Crippen LogP contribution in [-0.2, 0) is 0 Å². The van der Waals surface area contributed by atoms with Crippen LogP contribution in [0.2, 0.25) is 0 Å². The van der Waals surface area contributed by atoms with Gasteiger partial charge in [0.05, 0.1) is 17.9 Å². The van der Waals surface area contributed by atoms with Crippen LogP contribution in [0, 0.1) is 0 Å². The van der Waals surface area contributed by atoms with Gasteiger partial charge in [-0.3, -0.25) is 10.2 Å². The minimum absolute atomic E-state index is 0.176.